The molecule has 4 N–H and O–H groups in total. The van der Waals surface area contributed by atoms with Gasteiger partial charge in [0.15, 0.2) is 11.5 Å². The normalized spacial score (nSPS) is 21.2. The van der Waals surface area contributed by atoms with Crippen LogP contribution in [0.5, 0.6) is 0 Å². The average molecular weight is 569 g/mol. The van der Waals surface area contributed by atoms with Crippen LogP contribution in [0.4, 0.5) is 23.0 Å². The highest BCUT2D eigenvalue weighted by atomic mass is 16.2. The van der Waals surface area contributed by atoms with Gasteiger partial charge in [-0.1, -0.05) is 12.1 Å². The van der Waals surface area contributed by atoms with Crippen molar-refractivity contribution in [3.63, 3.8) is 0 Å². The number of nitrogens with two attached hydrogens (primary N) is 1. The molecular weight excluding hydrogens is 528 g/mol. The first-order chi connectivity index (χ1) is 20.4. The molecule has 2 amide bonds. The molecule has 3 fully saturated rings. The lowest BCUT2D eigenvalue weighted by atomic mass is 9.97. The van der Waals surface area contributed by atoms with Crippen molar-refractivity contribution < 1.29 is 9.59 Å². The van der Waals surface area contributed by atoms with Crippen LogP contribution in [0.3, 0.4) is 0 Å². The topological polar surface area (TPSA) is 120 Å². The van der Waals surface area contributed by atoms with E-state index in [1.807, 2.05) is 24.3 Å². The van der Waals surface area contributed by atoms with Crippen LogP contribution < -0.4 is 26.2 Å². The Morgan fingerprint density at radius 2 is 1.64 bits per heavy atom. The third-order valence-corrected chi connectivity index (χ3v) is 8.81. The number of hydrogen-bond acceptors (Lipinski definition) is 8. The van der Waals surface area contributed by atoms with Gasteiger partial charge in [-0.2, -0.15) is 0 Å². The van der Waals surface area contributed by atoms with Crippen molar-refractivity contribution in [2.24, 2.45) is 5.73 Å². The summed E-state index contributed by atoms with van der Waals surface area (Å²) < 4.78 is 0. The van der Waals surface area contributed by atoms with Gasteiger partial charge in [0.2, 0.25) is 0 Å². The van der Waals surface area contributed by atoms with Gasteiger partial charge in [0.1, 0.15) is 5.82 Å². The molecule has 0 unspecified atom stereocenters. The van der Waals surface area contributed by atoms with E-state index in [0.717, 1.165) is 56.9 Å². The van der Waals surface area contributed by atoms with Gasteiger partial charge in [0, 0.05) is 61.7 Å². The van der Waals surface area contributed by atoms with Gasteiger partial charge in [-0.25, -0.2) is 9.97 Å². The van der Waals surface area contributed by atoms with Crippen molar-refractivity contribution in [1.82, 2.24) is 20.2 Å². The van der Waals surface area contributed by atoms with E-state index in [0.29, 0.717) is 23.1 Å². The maximum absolute atomic E-state index is 13.1. The molecule has 6 rings (SSSR count). The van der Waals surface area contributed by atoms with E-state index in [-0.39, 0.29) is 23.7 Å². The molecule has 1 aliphatic carbocycles. The van der Waals surface area contributed by atoms with Gasteiger partial charge in [-0.05, 0) is 87.5 Å². The van der Waals surface area contributed by atoms with Gasteiger partial charge in [-0.3, -0.25) is 9.59 Å². The molecule has 3 heterocycles. The largest absolute Gasteiger partial charge is 0.369 e. The molecule has 1 saturated carbocycles. The first-order valence-electron chi connectivity index (χ1n) is 15.0. The molecule has 3 aromatic rings. The Hall–Kier alpha value is -4.18. The van der Waals surface area contributed by atoms with Crippen molar-refractivity contribution in [3.8, 4) is 0 Å². The van der Waals surface area contributed by atoms with Gasteiger partial charge < -0.3 is 31.1 Å². The molecule has 2 atom stereocenters. The second-order valence-electron chi connectivity index (χ2n) is 11.8. The van der Waals surface area contributed by atoms with Crippen LogP contribution in [-0.4, -0.2) is 78.5 Å². The number of anilines is 4. The molecule has 10 nitrogen and oxygen atoms in total. The standard InChI is InChI=1S/C32H40N8O2/c1-21-27(36-32(42)24-9-7-23(8-10-24)22-5-6-22)4-3-15-40(21)28-20-34-29(30(33)41)31(37-28)35-25-11-13-26(14-12-25)39-18-16-38(2)17-19-39/h7-14,20-22,27H,3-6,15-19H2,1-2H3,(H2,33,41)(H,35,37)(H,36,42)/t21-,27-/m1/s1. The van der Waals surface area contributed by atoms with E-state index < -0.39 is 5.91 Å². The van der Waals surface area contributed by atoms with Gasteiger partial charge in [0.05, 0.1) is 6.20 Å². The van der Waals surface area contributed by atoms with Crippen LogP contribution in [0.1, 0.15) is 64.9 Å². The zero-order chi connectivity index (χ0) is 29.2. The summed E-state index contributed by atoms with van der Waals surface area (Å²) >= 11 is 0. The molecule has 1 aromatic heterocycles. The maximum Gasteiger partial charge on any atom is 0.271 e. The fourth-order valence-electron chi connectivity index (χ4n) is 5.98. The van der Waals surface area contributed by atoms with Crippen LogP contribution in [0.15, 0.2) is 54.7 Å². The lowest BCUT2D eigenvalue weighted by Gasteiger charge is -2.40. The molecule has 2 aromatic carbocycles. The summed E-state index contributed by atoms with van der Waals surface area (Å²) in [5, 5.41) is 6.51. The third kappa shape index (κ3) is 6.18. The number of rotatable bonds is 8. The Labute approximate surface area is 247 Å². The third-order valence-electron chi connectivity index (χ3n) is 8.81. The molecule has 0 spiro atoms. The zero-order valence-electron chi connectivity index (χ0n) is 24.4. The molecule has 220 valence electrons. The minimum atomic E-state index is -0.643. The summed E-state index contributed by atoms with van der Waals surface area (Å²) in [6, 6.07) is 16.1. The van der Waals surface area contributed by atoms with Crippen molar-refractivity contribution in [2.45, 2.75) is 50.6 Å². The zero-order valence-corrected chi connectivity index (χ0v) is 24.4. The number of carbonyl (C=O) groups is 2. The number of benzene rings is 2. The summed E-state index contributed by atoms with van der Waals surface area (Å²) in [6.07, 6.45) is 5.85. The molecule has 0 radical (unpaired) electrons. The molecule has 0 bridgehead atoms. The Bertz CT molecular complexity index is 1420. The maximum atomic E-state index is 13.1. The second-order valence-corrected chi connectivity index (χ2v) is 11.8. The SMILES string of the molecule is C[C@@H]1[C@H](NC(=O)c2ccc(C3CC3)cc2)CCCN1c1cnc(C(N)=O)c(Nc2ccc(N3CCN(C)CC3)cc2)n1. The first kappa shape index (κ1) is 28.0. The number of likely N-dealkylation sites (N-methyl/N-ethyl adjacent to an activating group) is 1. The quantitative estimate of drug-likeness (QED) is 0.376. The number of primary amides is 1. The Morgan fingerprint density at radius 1 is 0.929 bits per heavy atom. The van der Waals surface area contributed by atoms with Gasteiger partial charge >= 0.3 is 0 Å². The van der Waals surface area contributed by atoms with Crippen LogP contribution >= 0.6 is 0 Å². The smallest absolute Gasteiger partial charge is 0.271 e. The Balaban J connectivity index is 1.15. The minimum absolute atomic E-state index is 0.0158. The van der Waals surface area contributed by atoms with Gasteiger partial charge in [0.25, 0.3) is 11.8 Å². The summed E-state index contributed by atoms with van der Waals surface area (Å²) in [6.45, 7) is 6.92. The van der Waals surface area contributed by atoms with Crippen LogP contribution in [-0.2, 0) is 0 Å². The average Bonchev–Trinajstić information content (AvgIpc) is 3.85. The molecule has 10 heteroatoms. The summed E-state index contributed by atoms with van der Waals surface area (Å²) in [5.41, 5.74) is 9.71. The number of carbonyl (C=O) groups excluding carboxylic acids is 2. The molecule has 3 aliphatic rings. The van der Waals surface area contributed by atoms with Crippen LogP contribution in [0.25, 0.3) is 0 Å². The summed E-state index contributed by atoms with van der Waals surface area (Å²) in [5.74, 6) is 0.916. The lowest BCUT2D eigenvalue weighted by Crippen LogP contribution is -2.54. The highest BCUT2D eigenvalue weighted by Gasteiger charge is 2.31. The van der Waals surface area contributed by atoms with E-state index in [2.05, 4.69) is 68.6 Å². The fourth-order valence-corrected chi connectivity index (χ4v) is 5.98. The number of amides is 2. The van der Waals surface area contributed by atoms with E-state index in [1.54, 1.807) is 6.20 Å². The van der Waals surface area contributed by atoms with Crippen molar-refractivity contribution in [2.75, 3.05) is 54.9 Å². The number of piperazine rings is 1. The summed E-state index contributed by atoms with van der Waals surface area (Å²) in [7, 11) is 2.14. The number of nitrogens with zero attached hydrogens (tertiary/aromatic N) is 5. The first-order valence-corrected chi connectivity index (χ1v) is 15.0. The molecule has 42 heavy (non-hydrogen) atoms. The van der Waals surface area contributed by atoms with Crippen molar-refractivity contribution in [1.29, 1.82) is 0 Å². The lowest BCUT2D eigenvalue weighted by molar-refractivity contribution is 0.0923. The Morgan fingerprint density at radius 3 is 2.31 bits per heavy atom. The van der Waals surface area contributed by atoms with Crippen LogP contribution in [0, 0.1) is 0 Å². The highest BCUT2D eigenvalue weighted by molar-refractivity contribution is 5.96. The minimum Gasteiger partial charge on any atom is -0.369 e. The van der Waals surface area contributed by atoms with E-state index in [4.69, 9.17) is 10.7 Å². The van der Waals surface area contributed by atoms with Crippen LogP contribution in [0.2, 0.25) is 0 Å². The predicted molar refractivity (Wildman–Crippen MR) is 166 cm³/mol. The Kier molecular flexibility index (Phi) is 7.97. The van der Waals surface area contributed by atoms with Crippen molar-refractivity contribution in [3.05, 3.63) is 71.5 Å². The monoisotopic (exact) mass is 568 g/mol. The predicted octanol–water partition coefficient (Wildman–Crippen LogP) is 3.74. The van der Waals surface area contributed by atoms with E-state index in [1.165, 1.54) is 18.4 Å². The van der Waals surface area contributed by atoms with Gasteiger partial charge in [-0.15, -0.1) is 0 Å². The summed E-state index contributed by atoms with van der Waals surface area (Å²) in [4.78, 5) is 41.4. The number of hydrogen-bond donors (Lipinski definition) is 3. The number of nitrogens with one attached hydrogen (secondary N) is 2. The molecular formula is C32H40N8O2. The van der Waals surface area contributed by atoms with E-state index in [9.17, 15) is 9.59 Å². The fraction of sp³-hybridized carbons (Fsp3) is 0.438. The molecule has 2 aliphatic heterocycles. The number of piperidine rings is 1. The highest BCUT2D eigenvalue weighted by Crippen LogP contribution is 2.40. The number of aromatic nitrogens is 2. The second kappa shape index (κ2) is 12.0. The van der Waals surface area contributed by atoms with E-state index >= 15 is 0 Å². The van der Waals surface area contributed by atoms with Crippen molar-refractivity contribution >= 4 is 34.8 Å². The molecule has 2 saturated heterocycles.